The Kier molecular flexibility index (Phi) is 4.03. The van der Waals surface area contributed by atoms with Crippen LogP contribution in [0.15, 0.2) is 53.9 Å². The molecule has 1 amide bonds. The molecule has 2 aromatic heterocycles. The zero-order valence-corrected chi connectivity index (χ0v) is 13.5. The van der Waals surface area contributed by atoms with Gasteiger partial charge in [-0.3, -0.25) is 9.78 Å². The number of anilines is 2. The number of aromatic nitrogens is 3. The van der Waals surface area contributed by atoms with Gasteiger partial charge in [0, 0.05) is 15.5 Å². The summed E-state index contributed by atoms with van der Waals surface area (Å²) >= 11 is 3.43. The van der Waals surface area contributed by atoms with Gasteiger partial charge in [-0.2, -0.15) is 0 Å². The van der Waals surface area contributed by atoms with Crippen molar-refractivity contribution in [2.45, 2.75) is 0 Å². The van der Waals surface area contributed by atoms with Gasteiger partial charge in [0.05, 0.1) is 23.0 Å². The molecule has 7 heteroatoms. The van der Waals surface area contributed by atoms with Crippen molar-refractivity contribution in [1.29, 1.82) is 0 Å². The smallest absolute Gasteiger partial charge is 0.250 e. The van der Waals surface area contributed by atoms with Gasteiger partial charge in [-0.05, 0) is 24.3 Å². The van der Waals surface area contributed by atoms with Gasteiger partial charge in [0.2, 0.25) is 5.91 Å². The largest absolute Gasteiger partial charge is 0.366 e. The molecular weight excluding hydrogens is 358 g/mol. The monoisotopic (exact) mass is 369 g/mol. The van der Waals surface area contributed by atoms with E-state index in [-0.39, 0.29) is 5.57 Å². The molecule has 6 nitrogen and oxygen atoms in total. The van der Waals surface area contributed by atoms with Gasteiger partial charge in [-0.25, -0.2) is 9.97 Å². The molecule has 3 aromatic rings. The van der Waals surface area contributed by atoms with E-state index in [1.165, 1.54) is 6.33 Å². The highest BCUT2D eigenvalue weighted by Gasteiger charge is 2.11. The zero-order valence-electron chi connectivity index (χ0n) is 12.0. The van der Waals surface area contributed by atoms with Crippen LogP contribution in [0, 0.1) is 0 Å². The summed E-state index contributed by atoms with van der Waals surface area (Å²) in [5, 5.41) is 3.95. The molecule has 0 bridgehead atoms. The second-order valence-electron chi connectivity index (χ2n) is 4.79. The predicted molar refractivity (Wildman–Crippen MR) is 93.0 cm³/mol. The van der Waals surface area contributed by atoms with Gasteiger partial charge in [-0.15, -0.1) is 0 Å². The topological polar surface area (TPSA) is 93.8 Å². The number of pyridine rings is 1. The molecule has 1 aromatic carbocycles. The Labute approximate surface area is 140 Å². The molecular formula is C16H12BrN5O. The van der Waals surface area contributed by atoms with Crippen LogP contribution < -0.4 is 11.1 Å². The maximum absolute atomic E-state index is 11.3. The highest BCUT2D eigenvalue weighted by Crippen LogP contribution is 2.26. The SMILES string of the molecule is C=C(C(N)=O)c1cc2c(Nc3cccc(Br)c3)ncnc2cn1. The lowest BCUT2D eigenvalue weighted by atomic mass is 10.1. The molecule has 0 aliphatic carbocycles. The third-order valence-corrected chi connectivity index (χ3v) is 3.71. The Morgan fingerprint density at radius 2 is 2.04 bits per heavy atom. The molecule has 0 saturated carbocycles. The Hall–Kier alpha value is -2.80. The first-order chi connectivity index (χ1) is 11.0. The number of rotatable bonds is 4. The summed E-state index contributed by atoms with van der Waals surface area (Å²) in [6.45, 7) is 3.65. The van der Waals surface area contributed by atoms with Gasteiger partial charge in [0.1, 0.15) is 12.1 Å². The van der Waals surface area contributed by atoms with Crippen LogP contribution in [-0.2, 0) is 4.79 Å². The standard InChI is InChI=1S/C16H12BrN5O/c1-9(15(18)23)13-6-12-14(7-19-13)20-8-21-16(12)22-11-4-2-3-10(17)5-11/h2-8H,1H2,(H2,18,23)(H,20,21,22). The van der Waals surface area contributed by atoms with E-state index >= 15 is 0 Å². The predicted octanol–water partition coefficient (Wildman–Crippen LogP) is 3.03. The van der Waals surface area contributed by atoms with Crippen LogP contribution in [0.1, 0.15) is 5.69 Å². The number of fused-ring (bicyclic) bond motifs is 1. The van der Waals surface area contributed by atoms with Gasteiger partial charge in [0.15, 0.2) is 0 Å². The normalized spacial score (nSPS) is 10.5. The van der Waals surface area contributed by atoms with E-state index in [1.54, 1.807) is 12.3 Å². The number of primary amides is 1. The molecule has 0 aliphatic rings. The van der Waals surface area contributed by atoms with Crippen molar-refractivity contribution >= 4 is 49.8 Å². The highest BCUT2D eigenvalue weighted by atomic mass is 79.9. The molecule has 0 fully saturated rings. The van der Waals surface area contributed by atoms with Crippen LogP contribution in [0.5, 0.6) is 0 Å². The van der Waals surface area contributed by atoms with Crippen LogP contribution >= 0.6 is 15.9 Å². The van der Waals surface area contributed by atoms with E-state index in [0.717, 1.165) is 15.5 Å². The van der Waals surface area contributed by atoms with Gasteiger partial charge >= 0.3 is 0 Å². The van der Waals surface area contributed by atoms with Crippen molar-refractivity contribution in [2.24, 2.45) is 5.73 Å². The summed E-state index contributed by atoms with van der Waals surface area (Å²) in [6.07, 6.45) is 3.01. The molecule has 114 valence electrons. The van der Waals surface area contributed by atoms with E-state index in [0.29, 0.717) is 17.0 Å². The van der Waals surface area contributed by atoms with Gasteiger partial charge < -0.3 is 11.1 Å². The number of carbonyl (C=O) groups excluding carboxylic acids is 1. The Bertz CT molecular complexity index is 925. The molecule has 3 N–H and O–H groups in total. The summed E-state index contributed by atoms with van der Waals surface area (Å²) in [4.78, 5) is 23.9. The van der Waals surface area contributed by atoms with Crippen molar-refractivity contribution < 1.29 is 4.79 Å². The first-order valence-electron chi connectivity index (χ1n) is 6.67. The second kappa shape index (κ2) is 6.13. The van der Waals surface area contributed by atoms with E-state index < -0.39 is 5.91 Å². The minimum absolute atomic E-state index is 0.143. The van der Waals surface area contributed by atoms with E-state index in [2.05, 4.69) is 42.8 Å². The minimum Gasteiger partial charge on any atom is -0.366 e. The maximum atomic E-state index is 11.3. The van der Waals surface area contributed by atoms with Crippen LogP contribution in [0.25, 0.3) is 16.5 Å². The number of amides is 1. The average Bonchev–Trinajstić information content (AvgIpc) is 2.54. The number of benzene rings is 1. The van der Waals surface area contributed by atoms with E-state index in [9.17, 15) is 4.79 Å². The second-order valence-corrected chi connectivity index (χ2v) is 5.70. The Balaban J connectivity index is 2.07. The summed E-state index contributed by atoms with van der Waals surface area (Å²) in [5.41, 5.74) is 7.32. The quantitative estimate of drug-likeness (QED) is 0.689. The fourth-order valence-corrected chi connectivity index (χ4v) is 2.45. The first kappa shape index (κ1) is 15.1. The average molecular weight is 370 g/mol. The fourth-order valence-electron chi connectivity index (χ4n) is 2.05. The third kappa shape index (κ3) is 3.19. The number of halogens is 1. The number of hydrogen-bond donors (Lipinski definition) is 2. The molecule has 3 rings (SSSR count). The zero-order chi connectivity index (χ0) is 16.4. The van der Waals surface area contributed by atoms with Gasteiger partial charge in [-0.1, -0.05) is 28.6 Å². The summed E-state index contributed by atoms with van der Waals surface area (Å²) in [5.74, 6) is -0.00998. The third-order valence-electron chi connectivity index (χ3n) is 3.22. The lowest BCUT2D eigenvalue weighted by Crippen LogP contribution is -2.12. The molecule has 0 aliphatic heterocycles. The number of nitrogens with zero attached hydrogens (tertiary/aromatic N) is 3. The molecule has 23 heavy (non-hydrogen) atoms. The molecule has 0 spiro atoms. The van der Waals surface area contributed by atoms with Crippen LogP contribution in [0.3, 0.4) is 0 Å². The maximum Gasteiger partial charge on any atom is 0.250 e. The van der Waals surface area contributed by atoms with Crippen molar-refractivity contribution in [2.75, 3.05) is 5.32 Å². The van der Waals surface area contributed by atoms with Crippen LogP contribution in [0.2, 0.25) is 0 Å². The number of carbonyl (C=O) groups is 1. The first-order valence-corrected chi connectivity index (χ1v) is 7.46. The number of nitrogens with one attached hydrogen (secondary N) is 1. The summed E-state index contributed by atoms with van der Waals surface area (Å²) in [7, 11) is 0. The minimum atomic E-state index is -0.616. The molecule has 0 saturated heterocycles. The Morgan fingerprint density at radius 3 is 2.78 bits per heavy atom. The number of nitrogens with two attached hydrogens (primary N) is 1. The summed E-state index contributed by atoms with van der Waals surface area (Å²) in [6, 6.07) is 9.39. The molecule has 0 radical (unpaired) electrons. The number of hydrogen-bond acceptors (Lipinski definition) is 5. The van der Waals surface area contributed by atoms with E-state index in [4.69, 9.17) is 5.73 Å². The molecule has 2 heterocycles. The molecule has 0 unspecified atom stereocenters. The van der Waals surface area contributed by atoms with Crippen molar-refractivity contribution in [3.05, 3.63) is 59.6 Å². The van der Waals surface area contributed by atoms with Gasteiger partial charge in [0.25, 0.3) is 0 Å². The van der Waals surface area contributed by atoms with Crippen molar-refractivity contribution in [3.63, 3.8) is 0 Å². The fraction of sp³-hybridized carbons (Fsp3) is 0. The van der Waals surface area contributed by atoms with Crippen molar-refractivity contribution in [3.8, 4) is 0 Å². The summed E-state index contributed by atoms with van der Waals surface area (Å²) < 4.78 is 0.949. The lowest BCUT2D eigenvalue weighted by molar-refractivity contribution is -0.112. The lowest BCUT2D eigenvalue weighted by Gasteiger charge is -2.09. The van der Waals surface area contributed by atoms with Crippen LogP contribution in [0.4, 0.5) is 11.5 Å². The van der Waals surface area contributed by atoms with E-state index in [1.807, 2.05) is 24.3 Å². The van der Waals surface area contributed by atoms with Crippen LogP contribution in [-0.4, -0.2) is 20.9 Å². The highest BCUT2D eigenvalue weighted by molar-refractivity contribution is 9.10. The van der Waals surface area contributed by atoms with Crippen molar-refractivity contribution in [1.82, 2.24) is 15.0 Å². The molecule has 0 atom stereocenters. The Morgan fingerprint density at radius 1 is 1.22 bits per heavy atom.